The zero-order valence-electron chi connectivity index (χ0n) is 17.8. The lowest BCUT2D eigenvalue weighted by atomic mass is 9.92. The zero-order valence-corrected chi connectivity index (χ0v) is 18.5. The van der Waals surface area contributed by atoms with Crippen molar-refractivity contribution in [2.45, 2.75) is 26.3 Å². The van der Waals surface area contributed by atoms with Crippen molar-refractivity contribution in [3.05, 3.63) is 88.0 Å². The monoisotopic (exact) mass is 453 g/mol. The van der Waals surface area contributed by atoms with Crippen molar-refractivity contribution in [2.75, 3.05) is 6.54 Å². The van der Waals surface area contributed by atoms with Crippen LogP contribution in [0.2, 0.25) is 5.02 Å². The van der Waals surface area contributed by atoms with E-state index in [1.807, 2.05) is 11.5 Å². The highest BCUT2D eigenvalue weighted by Crippen LogP contribution is 2.30. The molecule has 1 aromatic heterocycles. The molecular weight excluding hydrogens is 433 g/mol. The minimum absolute atomic E-state index is 0.352. The first kappa shape index (κ1) is 21.8. The smallest absolute Gasteiger partial charge is 0.319 e. The average Bonchev–Trinajstić information content (AvgIpc) is 3.17. The van der Waals surface area contributed by atoms with Crippen molar-refractivity contribution in [2.24, 2.45) is 0 Å². The van der Waals surface area contributed by atoms with Crippen molar-refractivity contribution in [3.8, 4) is 5.69 Å². The van der Waals surface area contributed by atoms with Gasteiger partial charge in [-0.05, 0) is 68.8 Å². The number of amides is 3. The number of carbonyl (C=O) groups excluding carboxylic acids is 3. The van der Waals surface area contributed by atoms with E-state index in [0.29, 0.717) is 27.5 Å². The highest BCUT2D eigenvalue weighted by Gasteiger charge is 2.49. The molecule has 6 nitrogen and oxygen atoms in total. The summed E-state index contributed by atoms with van der Waals surface area (Å²) >= 11 is 5.93. The van der Waals surface area contributed by atoms with Crippen LogP contribution in [0.3, 0.4) is 0 Å². The van der Waals surface area contributed by atoms with Crippen LogP contribution in [0.25, 0.3) is 5.69 Å². The number of aromatic nitrogens is 1. The summed E-state index contributed by atoms with van der Waals surface area (Å²) in [6, 6.07) is 13.6. The van der Waals surface area contributed by atoms with E-state index in [2.05, 4.69) is 5.32 Å². The molecule has 0 aliphatic carbocycles. The fraction of sp³-hybridized carbons (Fsp3) is 0.208. The first-order chi connectivity index (χ1) is 15.1. The maximum Gasteiger partial charge on any atom is 0.325 e. The largest absolute Gasteiger partial charge is 0.325 e. The number of halogens is 2. The average molecular weight is 454 g/mol. The minimum Gasteiger partial charge on any atom is -0.319 e. The second kappa shape index (κ2) is 7.91. The Bertz CT molecular complexity index is 1230. The van der Waals surface area contributed by atoms with Gasteiger partial charge in [0.25, 0.3) is 5.91 Å². The third kappa shape index (κ3) is 3.58. The first-order valence-corrected chi connectivity index (χ1v) is 10.4. The van der Waals surface area contributed by atoms with Crippen LogP contribution in [-0.2, 0) is 10.3 Å². The molecule has 4 rings (SSSR count). The number of imide groups is 1. The van der Waals surface area contributed by atoms with Gasteiger partial charge in [0.05, 0.1) is 6.54 Å². The Hall–Kier alpha value is -3.45. The molecule has 2 heterocycles. The Morgan fingerprint density at radius 2 is 1.69 bits per heavy atom. The molecule has 3 amide bonds. The molecule has 3 aromatic rings. The molecule has 164 valence electrons. The number of carbonyl (C=O) groups is 3. The lowest BCUT2D eigenvalue weighted by Crippen LogP contribution is -2.41. The maximum absolute atomic E-state index is 13.3. The summed E-state index contributed by atoms with van der Waals surface area (Å²) in [5, 5.41) is 3.20. The summed E-state index contributed by atoms with van der Waals surface area (Å²) in [6.07, 6.45) is 0. The van der Waals surface area contributed by atoms with Gasteiger partial charge in [0.15, 0.2) is 5.78 Å². The second-order valence-electron chi connectivity index (χ2n) is 7.97. The SMILES string of the molecule is Cc1cc(C(=O)CN2C(=O)N[C@](C)(c3ccc(Cl)cc3)C2=O)c(C)n1-c1ccc(F)cc1. The maximum atomic E-state index is 13.3. The van der Waals surface area contributed by atoms with Crippen molar-refractivity contribution in [1.29, 1.82) is 0 Å². The molecule has 1 fully saturated rings. The quantitative estimate of drug-likeness (QED) is 0.455. The number of Topliss-reactive ketones (excluding diaryl/α,β-unsaturated/α-hetero) is 1. The van der Waals surface area contributed by atoms with Gasteiger partial charge in [0.1, 0.15) is 11.4 Å². The Kier molecular flexibility index (Phi) is 5.38. The van der Waals surface area contributed by atoms with Crippen molar-refractivity contribution in [1.82, 2.24) is 14.8 Å². The molecular formula is C24H21ClFN3O3. The van der Waals surface area contributed by atoms with E-state index in [1.165, 1.54) is 12.1 Å². The van der Waals surface area contributed by atoms with Gasteiger partial charge in [-0.15, -0.1) is 0 Å². The molecule has 0 unspecified atom stereocenters. The van der Waals surface area contributed by atoms with Gasteiger partial charge in [-0.25, -0.2) is 9.18 Å². The van der Waals surface area contributed by atoms with E-state index in [9.17, 15) is 18.8 Å². The van der Waals surface area contributed by atoms with Crippen LogP contribution in [0.4, 0.5) is 9.18 Å². The minimum atomic E-state index is -1.28. The molecule has 2 aromatic carbocycles. The zero-order chi connectivity index (χ0) is 23.2. The highest BCUT2D eigenvalue weighted by molar-refractivity contribution is 6.30. The Morgan fingerprint density at radius 3 is 2.31 bits per heavy atom. The van der Waals surface area contributed by atoms with Gasteiger partial charge in [-0.1, -0.05) is 23.7 Å². The molecule has 0 radical (unpaired) electrons. The number of aryl methyl sites for hydroxylation is 1. The van der Waals surface area contributed by atoms with Gasteiger partial charge in [0.2, 0.25) is 0 Å². The van der Waals surface area contributed by atoms with Gasteiger partial charge < -0.3 is 9.88 Å². The Morgan fingerprint density at radius 1 is 1.06 bits per heavy atom. The normalized spacial score (nSPS) is 18.2. The predicted octanol–water partition coefficient (Wildman–Crippen LogP) is 4.54. The van der Waals surface area contributed by atoms with Crippen LogP contribution >= 0.6 is 11.6 Å². The summed E-state index contributed by atoms with van der Waals surface area (Å²) in [7, 11) is 0. The third-order valence-electron chi connectivity index (χ3n) is 5.81. The standard InChI is InChI=1S/C24H21ClFN3O3/c1-14-12-20(15(2)29(14)19-10-8-18(26)9-11-19)21(30)13-28-22(31)24(3,27-23(28)32)16-4-6-17(25)7-5-16/h4-12H,13H2,1-3H3,(H,27,32)/t24-/m1/s1. The molecule has 8 heteroatoms. The molecule has 1 N–H and O–H groups in total. The van der Waals surface area contributed by atoms with Crippen molar-refractivity contribution < 1.29 is 18.8 Å². The first-order valence-electron chi connectivity index (χ1n) is 10.00. The fourth-order valence-corrected chi connectivity index (χ4v) is 4.21. The molecule has 1 aliphatic rings. The Labute approximate surface area is 189 Å². The van der Waals surface area contributed by atoms with Crippen LogP contribution in [0.15, 0.2) is 54.6 Å². The number of urea groups is 1. The molecule has 1 atom stereocenters. The predicted molar refractivity (Wildman–Crippen MR) is 119 cm³/mol. The van der Waals surface area contributed by atoms with E-state index in [4.69, 9.17) is 11.6 Å². The number of hydrogen-bond acceptors (Lipinski definition) is 3. The number of benzene rings is 2. The number of hydrogen-bond donors (Lipinski definition) is 1. The lowest BCUT2D eigenvalue weighted by Gasteiger charge is -2.22. The van der Waals surface area contributed by atoms with Crippen LogP contribution in [-0.4, -0.2) is 33.7 Å². The molecule has 1 saturated heterocycles. The summed E-state index contributed by atoms with van der Waals surface area (Å²) in [4.78, 5) is 39.7. The van der Waals surface area contributed by atoms with Crippen LogP contribution < -0.4 is 5.32 Å². The summed E-state index contributed by atoms with van der Waals surface area (Å²) in [5.74, 6) is -1.23. The van der Waals surface area contributed by atoms with Gasteiger partial charge >= 0.3 is 6.03 Å². The molecule has 0 saturated carbocycles. The van der Waals surface area contributed by atoms with Crippen molar-refractivity contribution >= 4 is 29.3 Å². The van der Waals surface area contributed by atoms with Crippen LogP contribution in [0.1, 0.15) is 34.2 Å². The van der Waals surface area contributed by atoms with E-state index in [1.54, 1.807) is 56.3 Å². The van der Waals surface area contributed by atoms with E-state index in [0.717, 1.165) is 10.6 Å². The number of ketones is 1. The van der Waals surface area contributed by atoms with Crippen molar-refractivity contribution in [3.63, 3.8) is 0 Å². The van der Waals surface area contributed by atoms with E-state index in [-0.39, 0.29) is 18.1 Å². The Balaban J connectivity index is 1.60. The molecule has 0 spiro atoms. The lowest BCUT2D eigenvalue weighted by molar-refractivity contribution is -0.130. The van der Waals surface area contributed by atoms with Gasteiger partial charge in [-0.3, -0.25) is 14.5 Å². The number of nitrogens with zero attached hydrogens (tertiary/aromatic N) is 2. The van der Waals surface area contributed by atoms with Gasteiger partial charge in [-0.2, -0.15) is 0 Å². The molecule has 0 bridgehead atoms. The highest BCUT2D eigenvalue weighted by atomic mass is 35.5. The van der Waals surface area contributed by atoms with E-state index >= 15 is 0 Å². The summed E-state index contributed by atoms with van der Waals surface area (Å²) in [5.41, 5.74) is 1.82. The molecule has 1 aliphatic heterocycles. The van der Waals surface area contributed by atoms with Gasteiger partial charge in [0, 0.05) is 27.7 Å². The van der Waals surface area contributed by atoms with E-state index < -0.39 is 17.5 Å². The topological polar surface area (TPSA) is 71.4 Å². The van der Waals surface area contributed by atoms with Crippen LogP contribution in [0.5, 0.6) is 0 Å². The third-order valence-corrected chi connectivity index (χ3v) is 6.07. The second-order valence-corrected chi connectivity index (χ2v) is 8.41. The summed E-state index contributed by atoms with van der Waals surface area (Å²) in [6.45, 7) is 4.81. The fourth-order valence-electron chi connectivity index (χ4n) is 4.08. The molecule has 32 heavy (non-hydrogen) atoms. The number of rotatable bonds is 5. The van der Waals surface area contributed by atoms with Crippen LogP contribution in [0, 0.1) is 19.7 Å². The number of nitrogens with one attached hydrogen (secondary N) is 1. The summed E-state index contributed by atoms with van der Waals surface area (Å²) < 4.78 is 15.1.